The van der Waals surface area contributed by atoms with E-state index >= 15 is 0 Å². The summed E-state index contributed by atoms with van der Waals surface area (Å²) in [5.74, 6) is 0.424. The molecule has 2 fully saturated rings. The molecule has 6 heterocycles. The summed E-state index contributed by atoms with van der Waals surface area (Å²) in [6.45, 7) is 17.7. The van der Waals surface area contributed by atoms with E-state index in [-0.39, 0.29) is 43.4 Å². The molecule has 22 heteroatoms. The van der Waals surface area contributed by atoms with Crippen LogP contribution in [0, 0.1) is 0 Å². The zero-order valence-electron chi connectivity index (χ0n) is 45.8. The predicted octanol–water partition coefficient (Wildman–Crippen LogP) is 8.62. The van der Waals surface area contributed by atoms with Crippen LogP contribution in [-0.2, 0) is 38.5 Å². The van der Waals surface area contributed by atoms with Gasteiger partial charge in [-0.25, -0.2) is 41.1 Å². The largest absolute Gasteiger partial charge is 0.395 e. The number of rotatable bonds is 18. The van der Waals surface area contributed by atoms with E-state index in [1.807, 2.05) is 72.8 Å². The van der Waals surface area contributed by atoms with Gasteiger partial charge in [-0.1, -0.05) is 169 Å². The summed E-state index contributed by atoms with van der Waals surface area (Å²) in [7, 11) is -13.6. The molecule has 420 valence electrons. The highest BCUT2D eigenvalue weighted by Crippen LogP contribution is 2.41. The molecule has 2 saturated heterocycles. The number of sulfonamides is 2. The van der Waals surface area contributed by atoms with Crippen molar-refractivity contribution in [3.63, 3.8) is 0 Å². The van der Waals surface area contributed by atoms with Gasteiger partial charge in [-0.2, -0.15) is 0 Å². The van der Waals surface area contributed by atoms with Crippen molar-refractivity contribution in [2.45, 2.75) is 86.5 Å². The molecule has 0 radical (unpaired) electrons. The van der Waals surface area contributed by atoms with Gasteiger partial charge in [0.1, 0.15) is 33.6 Å². The van der Waals surface area contributed by atoms with Crippen molar-refractivity contribution < 1.29 is 35.3 Å². The summed E-state index contributed by atoms with van der Waals surface area (Å²) < 4.78 is 69.9. The molecule has 0 aliphatic carbocycles. The summed E-state index contributed by atoms with van der Waals surface area (Å²) in [6.07, 6.45) is 6.84. The Labute approximate surface area is 484 Å². The number of carbonyl (C=O) groups excluding carboxylic acids is 2. The lowest BCUT2D eigenvalue weighted by Gasteiger charge is -2.44. The molecule has 2 aliphatic rings. The quantitative estimate of drug-likeness (QED) is 0.0636. The first-order valence-electron chi connectivity index (χ1n) is 26.3. The van der Waals surface area contributed by atoms with Gasteiger partial charge in [-0.05, 0) is 67.9 Å². The molecule has 1 N–H and O–H groups in total. The van der Waals surface area contributed by atoms with E-state index in [0.717, 1.165) is 20.7 Å². The molecule has 16 nitrogen and oxygen atoms in total. The minimum absolute atomic E-state index is 0.00629. The molecule has 8 aromatic rings. The number of aromatic nitrogens is 4. The van der Waals surface area contributed by atoms with Crippen LogP contribution in [0.3, 0.4) is 0 Å². The van der Waals surface area contributed by atoms with Crippen LogP contribution in [0.15, 0.2) is 204 Å². The number of carbonyl (C=O) groups is 2. The van der Waals surface area contributed by atoms with Gasteiger partial charge in [0.25, 0.3) is 48.5 Å². The Balaban J connectivity index is 0.000000196. The van der Waals surface area contributed by atoms with Gasteiger partial charge in [0.2, 0.25) is 0 Å². The van der Waals surface area contributed by atoms with Crippen molar-refractivity contribution in [2.24, 2.45) is 0 Å². The van der Waals surface area contributed by atoms with Crippen molar-refractivity contribution in [1.29, 1.82) is 0 Å². The maximum absolute atomic E-state index is 13.8. The van der Waals surface area contributed by atoms with Crippen LogP contribution in [0.1, 0.15) is 54.4 Å². The molecule has 0 bridgehead atoms. The minimum Gasteiger partial charge on any atom is -0.395 e. The summed E-state index contributed by atoms with van der Waals surface area (Å²) in [5, 5.41) is 7.91. The first kappa shape index (κ1) is 58.6. The molecule has 81 heavy (non-hydrogen) atoms. The van der Waals surface area contributed by atoms with Gasteiger partial charge < -0.3 is 8.85 Å². The second-order valence-corrected chi connectivity index (χ2v) is 35.2. The Bertz CT molecular complexity index is 3560. The monoisotopic (exact) mass is 1200 g/mol. The molecular formula is C59H64N8O8S4Si2. The third-order valence-electron chi connectivity index (χ3n) is 14.3. The van der Waals surface area contributed by atoms with E-state index < -0.39 is 48.9 Å². The lowest BCUT2D eigenvalue weighted by atomic mass is 10.2. The molecule has 0 unspecified atom stereocenters. The van der Waals surface area contributed by atoms with Gasteiger partial charge in [0, 0.05) is 48.6 Å². The lowest BCUT2D eigenvalue weighted by molar-refractivity contribution is -0.123. The van der Waals surface area contributed by atoms with Crippen LogP contribution in [0.5, 0.6) is 0 Å². The standard InChI is InChI=1S/C31H34N4O4S2Si.C28H30N4O4S2Si/c1-5-20-35(30-32-19-22-40-30)41(37,38)24-16-17-28(33-23-24)34-21-18-27(29(34)36)39-42(31(2,3)4,25-12-8-6-9-13-25)26-14-10-7-11-15-26;1-28(2,3)39(22-10-6-4-7-11-22,23-12-8-5-9-13-23)36-24-16-18-32(26(24)33)25-15-14-21(20-30-25)38(34,35)31-27-29-17-19-37-27/h5-17,19,22-23,27H,1,18,20-21H2,2-4H3;4-15,17,19-20,24H,16,18H2,1-3H3,(H,29,31)/t27-;24-/m01/s1. The molecule has 0 spiro atoms. The van der Waals surface area contributed by atoms with Crippen LogP contribution in [0.2, 0.25) is 10.1 Å². The van der Waals surface area contributed by atoms with Crippen molar-refractivity contribution in [2.75, 3.05) is 38.5 Å². The first-order valence-corrected chi connectivity index (χ1v) is 34.8. The van der Waals surface area contributed by atoms with Crippen molar-refractivity contribution in [1.82, 2.24) is 19.9 Å². The van der Waals surface area contributed by atoms with Crippen LogP contribution in [0.25, 0.3) is 0 Å². The molecule has 4 aromatic carbocycles. The fraction of sp³-hybridized carbons (Fsp3) is 0.254. The van der Waals surface area contributed by atoms with Crippen LogP contribution in [0.4, 0.5) is 21.9 Å². The van der Waals surface area contributed by atoms with E-state index in [4.69, 9.17) is 8.85 Å². The molecule has 4 aromatic heterocycles. The molecule has 10 rings (SSSR count). The number of anilines is 4. The highest BCUT2D eigenvalue weighted by molar-refractivity contribution is 7.93. The van der Waals surface area contributed by atoms with E-state index in [1.54, 1.807) is 38.9 Å². The lowest BCUT2D eigenvalue weighted by Crippen LogP contribution is -2.68. The highest BCUT2D eigenvalue weighted by atomic mass is 32.2. The predicted molar refractivity (Wildman–Crippen MR) is 327 cm³/mol. The topological polar surface area (TPSA) is 194 Å². The van der Waals surface area contributed by atoms with Crippen molar-refractivity contribution in [3.05, 3.63) is 194 Å². The smallest absolute Gasteiger partial charge is 0.267 e. The number of nitrogens with one attached hydrogen (secondary N) is 1. The third-order valence-corrected chi connectivity index (χ3v) is 29.1. The van der Waals surface area contributed by atoms with Crippen LogP contribution < -0.4 is 39.6 Å². The average molecular weight is 1200 g/mol. The van der Waals surface area contributed by atoms with E-state index in [2.05, 4.69) is 121 Å². The summed E-state index contributed by atoms with van der Waals surface area (Å²) in [6, 6.07) is 46.9. The molecule has 2 atom stereocenters. The average Bonchev–Trinajstić information content (AvgIpc) is 4.50. The molecule has 0 saturated carbocycles. The fourth-order valence-corrected chi connectivity index (χ4v) is 23.7. The Morgan fingerprint density at radius 1 is 0.593 bits per heavy atom. The Kier molecular flexibility index (Phi) is 17.5. The number of amides is 2. The van der Waals surface area contributed by atoms with E-state index in [9.17, 15) is 26.4 Å². The Morgan fingerprint density at radius 2 is 1.00 bits per heavy atom. The van der Waals surface area contributed by atoms with Crippen molar-refractivity contribution in [3.8, 4) is 0 Å². The zero-order valence-corrected chi connectivity index (χ0v) is 51.1. The summed E-state index contributed by atoms with van der Waals surface area (Å²) in [5.41, 5.74) is 0. The van der Waals surface area contributed by atoms with Gasteiger partial charge in [-0.15, -0.1) is 29.3 Å². The Morgan fingerprint density at radius 3 is 1.35 bits per heavy atom. The minimum atomic E-state index is -3.93. The van der Waals surface area contributed by atoms with Gasteiger partial charge in [0.05, 0.1) is 6.54 Å². The number of thiazole rings is 2. The van der Waals surface area contributed by atoms with Gasteiger partial charge >= 0.3 is 0 Å². The normalized spacial score (nSPS) is 16.2. The number of hydrogen-bond acceptors (Lipinski definition) is 14. The van der Waals surface area contributed by atoms with Crippen LogP contribution in [-0.4, -0.2) is 97.1 Å². The van der Waals surface area contributed by atoms with Crippen LogP contribution >= 0.6 is 22.7 Å². The zero-order chi connectivity index (χ0) is 57.6. The fourth-order valence-electron chi connectivity index (χ4n) is 10.5. The Hall–Kier alpha value is -7.03. The maximum atomic E-state index is 13.8. The molecule has 2 amide bonds. The number of hydrogen-bond donors (Lipinski definition) is 1. The van der Waals surface area contributed by atoms with Gasteiger partial charge in [-0.3, -0.25) is 24.1 Å². The van der Waals surface area contributed by atoms with E-state index in [1.165, 1.54) is 63.8 Å². The SMILES string of the molecule is C=CCN(c1nccs1)S(=O)(=O)c1ccc(N2CC[C@H](O[Si](c3ccccc3)(c3ccccc3)C(C)(C)C)C2=O)nc1.CC(C)(C)[Si](O[C@@H]1CCN(c2ccc(S(=O)(=O)Nc3nccs3)cn2)C1=O)(c1ccccc1)c1ccccc1. The number of pyridine rings is 2. The van der Waals surface area contributed by atoms with Gasteiger partial charge in [0.15, 0.2) is 10.3 Å². The molecular weight excluding hydrogens is 1130 g/mol. The second kappa shape index (κ2) is 24.2. The number of benzene rings is 4. The summed E-state index contributed by atoms with van der Waals surface area (Å²) >= 11 is 2.41. The first-order chi connectivity index (χ1) is 38.7. The maximum Gasteiger partial charge on any atom is 0.267 e. The number of nitrogens with zero attached hydrogens (tertiary/aromatic N) is 7. The highest BCUT2D eigenvalue weighted by Gasteiger charge is 2.55. The molecule has 2 aliphatic heterocycles. The third kappa shape index (κ3) is 12.0. The van der Waals surface area contributed by atoms with E-state index in [0.29, 0.717) is 42.7 Å². The van der Waals surface area contributed by atoms with Crippen molar-refractivity contribution >= 4 is 114 Å². The summed E-state index contributed by atoms with van der Waals surface area (Å²) in [4.78, 5) is 47.6. The second-order valence-electron chi connectivity index (χ2n) is 21.4.